The molecule has 1 aromatic carbocycles. The molecule has 1 aromatic rings. The van der Waals surface area contributed by atoms with Crippen molar-refractivity contribution in [2.24, 2.45) is 0 Å². The number of rotatable bonds is 5. The van der Waals surface area contributed by atoms with Gasteiger partial charge in [-0.2, -0.15) is 0 Å². The summed E-state index contributed by atoms with van der Waals surface area (Å²) in [6.07, 6.45) is 0.130. The third-order valence-electron chi connectivity index (χ3n) is 3.14. The minimum Gasteiger partial charge on any atom is -0.481 e. The summed E-state index contributed by atoms with van der Waals surface area (Å²) in [6, 6.07) is 7.54. The van der Waals surface area contributed by atoms with Gasteiger partial charge in [-0.15, -0.1) is 0 Å². The van der Waals surface area contributed by atoms with Crippen molar-refractivity contribution in [1.29, 1.82) is 0 Å². The normalized spacial score (nSPS) is 14.6. The summed E-state index contributed by atoms with van der Waals surface area (Å²) < 4.78 is 0. The molecule has 3 nitrogen and oxygen atoms in total. The van der Waals surface area contributed by atoms with Gasteiger partial charge < -0.3 is 10.2 Å². The molecule has 1 rings (SSSR count). The van der Waals surface area contributed by atoms with E-state index in [2.05, 4.69) is 13.8 Å². The Balaban J connectivity index is 3.00. The number of carbonyl (C=O) groups is 1. The van der Waals surface area contributed by atoms with Gasteiger partial charge in [0.25, 0.3) is 0 Å². The van der Waals surface area contributed by atoms with E-state index in [4.69, 9.17) is 5.11 Å². The molecule has 0 spiro atoms. The Bertz CT molecular complexity index is 381. The van der Waals surface area contributed by atoms with Crippen LogP contribution in [0.2, 0.25) is 0 Å². The fourth-order valence-corrected chi connectivity index (χ4v) is 1.86. The van der Waals surface area contributed by atoms with Gasteiger partial charge in [0.1, 0.15) is 0 Å². The van der Waals surface area contributed by atoms with Crippen LogP contribution in [-0.2, 0) is 10.4 Å². The van der Waals surface area contributed by atoms with E-state index in [-0.39, 0.29) is 6.42 Å². The molecular formula is C14H20O3. The Morgan fingerprint density at radius 3 is 2.18 bits per heavy atom. The number of carboxylic acid groups (broad SMARTS) is 1. The second-order valence-electron chi connectivity index (χ2n) is 4.73. The SMILES string of the molecule is CCC(O)(CC(=O)O)c1ccc(C(C)C)cc1. The monoisotopic (exact) mass is 236 g/mol. The maximum atomic E-state index is 10.8. The predicted octanol–water partition coefficient (Wildman–Crippen LogP) is 2.88. The first kappa shape index (κ1) is 13.7. The van der Waals surface area contributed by atoms with E-state index in [9.17, 15) is 9.90 Å². The van der Waals surface area contributed by atoms with Crippen molar-refractivity contribution in [3.05, 3.63) is 35.4 Å². The number of hydrogen-bond donors (Lipinski definition) is 2. The van der Waals surface area contributed by atoms with E-state index >= 15 is 0 Å². The number of benzene rings is 1. The number of hydrogen-bond acceptors (Lipinski definition) is 2. The summed E-state index contributed by atoms with van der Waals surface area (Å²) in [5, 5.41) is 19.1. The van der Waals surface area contributed by atoms with Crippen LogP contribution in [0.15, 0.2) is 24.3 Å². The van der Waals surface area contributed by atoms with Crippen molar-refractivity contribution in [3.63, 3.8) is 0 Å². The molecule has 0 saturated heterocycles. The van der Waals surface area contributed by atoms with Crippen LogP contribution in [0.25, 0.3) is 0 Å². The smallest absolute Gasteiger partial charge is 0.306 e. The van der Waals surface area contributed by atoms with Gasteiger partial charge >= 0.3 is 5.97 Å². The van der Waals surface area contributed by atoms with Gasteiger partial charge in [-0.1, -0.05) is 45.0 Å². The molecule has 0 aliphatic carbocycles. The molecule has 1 atom stereocenters. The van der Waals surface area contributed by atoms with Gasteiger partial charge in [-0.3, -0.25) is 4.79 Å². The van der Waals surface area contributed by atoms with Crippen molar-refractivity contribution in [2.45, 2.75) is 45.1 Å². The van der Waals surface area contributed by atoms with Crippen LogP contribution >= 0.6 is 0 Å². The molecule has 0 aliphatic rings. The highest BCUT2D eigenvalue weighted by atomic mass is 16.4. The van der Waals surface area contributed by atoms with Crippen LogP contribution in [0, 0.1) is 0 Å². The highest BCUT2D eigenvalue weighted by Gasteiger charge is 2.30. The molecule has 94 valence electrons. The van der Waals surface area contributed by atoms with Crippen LogP contribution in [0.5, 0.6) is 0 Å². The summed E-state index contributed by atoms with van der Waals surface area (Å²) in [5.41, 5.74) is 0.593. The van der Waals surface area contributed by atoms with E-state index in [0.717, 1.165) is 0 Å². The average Bonchev–Trinajstić information content (AvgIpc) is 2.28. The zero-order valence-electron chi connectivity index (χ0n) is 10.6. The Morgan fingerprint density at radius 1 is 1.29 bits per heavy atom. The lowest BCUT2D eigenvalue weighted by molar-refractivity contribution is -0.143. The lowest BCUT2D eigenvalue weighted by atomic mass is 9.87. The first-order chi connectivity index (χ1) is 7.89. The van der Waals surface area contributed by atoms with E-state index < -0.39 is 11.6 Å². The molecule has 0 aromatic heterocycles. The minimum absolute atomic E-state index is 0.259. The van der Waals surface area contributed by atoms with Crippen LogP contribution in [0.4, 0.5) is 0 Å². The quantitative estimate of drug-likeness (QED) is 0.826. The van der Waals surface area contributed by atoms with Gasteiger partial charge in [0, 0.05) is 0 Å². The molecule has 0 fully saturated rings. The Kier molecular flexibility index (Phi) is 4.29. The van der Waals surface area contributed by atoms with Crippen molar-refractivity contribution in [2.75, 3.05) is 0 Å². The molecule has 3 heteroatoms. The van der Waals surface area contributed by atoms with Crippen molar-refractivity contribution >= 4 is 5.97 Å². The van der Waals surface area contributed by atoms with E-state index in [0.29, 0.717) is 17.9 Å². The first-order valence-electron chi connectivity index (χ1n) is 5.93. The Hall–Kier alpha value is -1.35. The maximum Gasteiger partial charge on any atom is 0.306 e. The van der Waals surface area contributed by atoms with Gasteiger partial charge in [-0.05, 0) is 23.5 Å². The fourth-order valence-electron chi connectivity index (χ4n) is 1.86. The molecule has 0 radical (unpaired) electrons. The Morgan fingerprint density at radius 2 is 1.82 bits per heavy atom. The first-order valence-corrected chi connectivity index (χ1v) is 5.93. The zero-order valence-corrected chi connectivity index (χ0v) is 10.6. The molecule has 0 bridgehead atoms. The standard InChI is InChI=1S/C14H20O3/c1-4-14(17,9-13(15)16)12-7-5-11(6-8-12)10(2)3/h5-8,10,17H,4,9H2,1-3H3,(H,15,16). The number of carboxylic acids is 1. The molecule has 0 heterocycles. The molecule has 0 amide bonds. The summed E-state index contributed by atoms with van der Waals surface area (Å²) in [7, 11) is 0. The minimum atomic E-state index is -1.26. The van der Waals surface area contributed by atoms with Crippen molar-refractivity contribution < 1.29 is 15.0 Å². The maximum absolute atomic E-state index is 10.8. The average molecular weight is 236 g/mol. The molecule has 0 saturated carbocycles. The largest absolute Gasteiger partial charge is 0.481 e. The lowest BCUT2D eigenvalue weighted by Crippen LogP contribution is -2.28. The summed E-state index contributed by atoms with van der Waals surface area (Å²) in [6.45, 7) is 5.98. The second kappa shape index (κ2) is 5.32. The Labute approximate surface area is 102 Å². The predicted molar refractivity (Wildman–Crippen MR) is 67.0 cm³/mol. The van der Waals surface area contributed by atoms with E-state index in [1.165, 1.54) is 5.56 Å². The van der Waals surface area contributed by atoms with Crippen LogP contribution in [-0.4, -0.2) is 16.2 Å². The van der Waals surface area contributed by atoms with Crippen LogP contribution < -0.4 is 0 Å². The van der Waals surface area contributed by atoms with Crippen molar-refractivity contribution in [3.8, 4) is 0 Å². The lowest BCUT2D eigenvalue weighted by Gasteiger charge is -2.25. The number of aliphatic hydroxyl groups is 1. The van der Waals surface area contributed by atoms with Gasteiger partial charge in [0.15, 0.2) is 0 Å². The summed E-state index contributed by atoms with van der Waals surface area (Å²) >= 11 is 0. The summed E-state index contributed by atoms with van der Waals surface area (Å²) in [4.78, 5) is 10.8. The van der Waals surface area contributed by atoms with Crippen molar-refractivity contribution in [1.82, 2.24) is 0 Å². The van der Waals surface area contributed by atoms with Crippen LogP contribution in [0.1, 0.15) is 50.7 Å². The molecule has 2 N–H and O–H groups in total. The van der Waals surface area contributed by atoms with Gasteiger partial charge in [0.05, 0.1) is 12.0 Å². The van der Waals surface area contributed by atoms with E-state index in [1.807, 2.05) is 24.3 Å². The highest BCUT2D eigenvalue weighted by molar-refractivity contribution is 5.68. The molecule has 1 unspecified atom stereocenters. The molecule has 17 heavy (non-hydrogen) atoms. The molecule has 0 aliphatic heterocycles. The number of aliphatic carboxylic acids is 1. The van der Waals surface area contributed by atoms with Gasteiger partial charge in [0.2, 0.25) is 0 Å². The second-order valence-corrected chi connectivity index (χ2v) is 4.73. The zero-order chi connectivity index (χ0) is 13.1. The van der Waals surface area contributed by atoms with Gasteiger partial charge in [-0.25, -0.2) is 0 Å². The third-order valence-corrected chi connectivity index (χ3v) is 3.14. The van der Waals surface area contributed by atoms with E-state index in [1.54, 1.807) is 6.92 Å². The fraction of sp³-hybridized carbons (Fsp3) is 0.500. The summed E-state index contributed by atoms with van der Waals surface area (Å²) in [5.74, 6) is -0.555. The molecular weight excluding hydrogens is 216 g/mol. The third kappa shape index (κ3) is 3.30. The van der Waals surface area contributed by atoms with Crippen LogP contribution in [0.3, 0.4) is 0 Å². The topological polar surface area (TPSA) is 57.5 Å². The highest BCUT2D eigenvalue weighted by Crippen LogP contribution is 2.29.